The number of carboxylic acid groups (broad SMARTS) is 1. The number of rotatable bonds is 5. The maximum Gasteiger partial charge on any atom is 0.302 e. The van der Waals surface area contributed by atoms with Gasteiger partial charge in [-0.3, -0.25) is 14.4 Å². The van der Waals surface area contributed by atoms with Gasteiger partial charge in [-0.15, -0.1) is 0 Å². The number of unbranched alkanes of at least 4 members (excludes halogenated alkanes) is 3. The van der Waals surface area contributed by atoms with E-state index < -0.39 is 5.97 Å². The summed E-state index contributed by atoms with van der Waals surface area (Å²) in [5.74, 6) is -0.539. The molecule has 1 saturated carbocycles. The van der Waals surface area contributed by atoms with E-state index in [0.717, 1.165) is 46.1 Å². The SMILES string of the molecule is CC(=O)O.CCCCCCOC(C)=O.CO.O=C1CCCCC1. The van der Waals surface area contributed by atoms with Gasteiger partial charge < -0.3 is 14.9 Å². The first kappa shape index (κ1) is 26.5. The maximum absolute atomic E-state index is 10.5. The smallest absolute Gasteiger partial charge is 0.302 e. The van der Waals surface area contributed by atoms with E-state index in [0.29, 0.717) is 12.4 Å². The van der Waals surface area contributed by atoms with Crippen LogP contribution in [0.25, 0.3) is 0 Å². The first-order chi connectivity index (χ1) is 10.9. The van der Waals surface area contributed by atoms with Crippen LogP contribution in [0.1, 0.15) is 78.6 Å². The molecule has 0 atom stereocenters. The number of aliphatic hydroxyl groups excluding tert-OH is 1. The van der Waals surface area contributed by atoms with Crippen molar-refractivity contribution in [1.29, 1.82) is 0 Å². The topological polar surface area (TPSA) is 101 Å². The third kappa shape index (κ3) is 38.5. The number of carbonyl (C=O) groups excluding carboxylic acids is 2. The third-order valence-corrected chi connectivity index (χ3v) is 2.71. The van der Waals surface area contributed by atoms with E-state index in [-0.39, 0.29) is 5.97 Å². The van der Waals surface area contributed by atoms with Crippen LogP contribution < -0.4 is 0 Å². The minimum absolute atomic E-state index is 0.170. The number of aliphatic hydroxyl groups is 1. The van der Waals surface area contributed by atoms with E-state index in [2.05, 4.69) is 6.92 Å². The van der Waals surface area contributed by atoms with E-state index in [1.807, 2.05) is 0 Å². The van der Waals surface area contributed by atoms with Gasteiger partial charge in [0.25, 0.3) is 5.97 Å². The summed E-state index contributed by atoms with van der Waals surface area (Å²) in [6.07, 6.45) is 9.88. The standard InChI is InChI=1S/C8H16O2.C6H10O.C2H4O2.CH4O/c1-3-4-5-6-7-10-8(2)9;7-6-4-2-1-3-5-6;1-2(3)4;1-2/h3-7H2,1-2H3;1-5H2;1H3,(H,3,4);2H,1H3. The fraction of sp³-hybridized carbons (Fsp3) is 0.824. The summed E-state index contributed by atoms with van der Waals surface area (Å²) in [4.78, 5) is 29.7. The number of esters is 1. The fourth-order valence-corrected chi connectivity index (χ4v) is 1.69. The van der Waals surface area contributed by atoms with Crippen LogP contribution in [0.4, 0.5) is 0 Å². The predicted molar refractivity (Wildman–Crippen MR) is 90.3 cm³/mol. The second-order valence-corrected chi connectivity index (χ2v) is 5.02. The Labute approximate surface area is 140 Å². The van der Waals surface area contributed by atoms with Gasteiger partial charge in [0, 0.05) is 33.8 Å². The van der Waals surface area contributed by atoms with E-state index in [9.17, 15) is 9.59 Å². The molecule has 1 aliphatic rings. The molecule has 0 saturated heterocycles. The minimum atomic E-state index is -0.833. The normalized spacial score (nSPS) is 12.3. The third-order valence-electron chi connectivity index (χ3n) is 2.71. The van der Waals surface area contributed by atoms with Gasteiger partial charge in [0.2, 0.25) is 0 Å². The van der Waals surface area contributed by atoms with Crippen molar-refractivity contribution in [3.8, 4) is 0 Å². The Morgan fingerprint density at radius 1 is 1.00 bits per heavy atom. The molecule has 138 valence electrons. The maximum atomic E-state index is 10.5. The molecule has 6 heteroatoms. The number of ketones is 1. The van der Waals surface area contributed by atoms with E-state index >= 15 is 0 Å². The number of hydrogen-bond donors (Lipinski definition) is 2. The van der Waals surface area contributed by atoms with E-state index in [1.165, 1.54) is 32.6 Å². The van der Waals surface area contributed by atoms with Crippen molar-refractivity contribution >= 4 is 17.7 Å². The molecule has 1 aliphatic carbocycles. The number of carboxylic acids is 1. The van der Waals surface area contributed by atoms with Crippen LogP contribution in [-0.2, 0) is 19.1 Å². The lowest BCUT2D eigenvalue weighted by molar-refractivity contribution is -0.141. The molecule has 0 aliphatic heterocycles. The lowest BCUT2D eigenvalue weighted by Gasteiger charge is -2.05. The second-order valence-electron chi connectivity index (χ2n) is 5.02. The van der Waals surface area contributed by atoms with Crippen LogP contribution in [0.5, 0.6) is 0 Å². The highest BCUT2D eigenvalue weighted by Crippen LogP contribution is 2.12. The Bertz CT molecular complexity index is 277. The lowest BCUT2D eigenvalue weighted by atomic mass is 10.00. The number of ether oxygens (including phenoxy) is 1. The molecule has 0 spiro atoms. The molecule has 0 amide bonds. The van der Waals surface area contributed by atoms with Gasteiger partial charge in [-0.1, -0.05) is 32.6 Å². The molecular formula is C17H34O6. The summed E-state index contributed by atoms with van der Waals surface area (Å²) in [5.41, 5.74) is 0. The number of carbonyl (C=O) groups is 3. The highest BCUT2D eigenvalue weighted by Gasteiger charge is 2.05. The van der Waals surface area contributed by atoms with Crippen LogP contribution >= 0.6 is 0 Å². The number of hydrogen-bond acceptors (Lipinski definition) is 5. The van der Waals surface area contributed by atoms with Gasteiger partial charge in [-0.05, 0) is 19.3 Å². The molecule has 0 unspecified atom stereocenters. The van der Waals surface area contributed by atoms with Crippen LogP contribution in [-0.4, -0.2) is 41.7 Å². The predicted octanol–water partition coefficient (Wildman–Crippen LogP) is 3.35. The van der Waals surface area contributed by atoms with Crippen LogP contribution in [0, 0.1) is 0 Å². The average Bonchev–Trinajstić information content (AvgIpc) is 2.50. The van der Waals surface area contributed by atoms with Gasteiger partial charge in [-0.2, -0.15) is 0 Å². The average molecular weight is 334 g/mol. The van der Waals surface area contributed by atoms with Gasteiger partial charge in [-0.25, -0.2) is 0 Å². The van der Waals surface area contributed by atoms with Gasteiger partial charge in [0.05, 0.1) is 6.61 Å². The highest BCUT2D eigenvalue weighted by atomic mass is 16.5. The highest BCUT2D eigenvalue weighted by molar-refractivity contribution is 5.78. The summed E-state index contributed by atoms with van der Waals surface area (Å²) in [5, 5.41) is 14.4. The summed E-state index contributed by atoms with van der Waals surface area (Å²) in [6.45, 7) is 5.28. The molecule has 0 aromatic heterocycles. The molecule has 0 aromatic rings. The first-order valence-corrected chi connectivity index (χ1v) is 8.19. The van der Waals surface area contributed by atoms with Gasteiger partial charge in [0.15, 0.2) is 0 Å². The summed E-state index contributed by atoms with van der Waals surface area (Å²) < 4.78 is 4.75. The molecule has 0 aromatic carbocycles. The molecular weight excluding hydrogens is 300 g/mol. The quantitative estimate of drug-likeness (QED) is 0.590. The minimum Gasteiger partial charge on any atom is -0.481 e. The van der Waals surface area contributed by atoms with Crippen LogP contribution in [0.3, 0.4) is 0 Å². The monoisotopic (exact) mass is 334 g/mol. The molecule has 23 heavy (non-hydrogen) atoms. The Balaban J connectivity index is -0.000000267. The Hall–Kier alpha value is -1.43. The molecule has 1 fully saturated rings. The van der Waals surface area contributed by atoms with Crippen molar-refractivity contribution in [3.05, 3.63) is 0 Å². The zero-order chi connectivity index (χ0) is 18.5. The zero-order valence-corrected chi connectivity index (χ0v) is 15.1. The van der Waals surface area contributed by atoms with Crippen molar-refractivity contribution in [2.75, 3.05) is 13.7 Å². The van der Waals surface area contributed by atoms with Crippen LogP contribution in [0.2, 0.25) is 0 Å². The summed E-state index contributed by atoms with van der Waals surface area (Å²) in [7, 11) is 1.00. The van der Waals surface area contributed by atoms with Crippen molar-refractivity contribution in [1.82, 2.24) is 0 Å². The molecule has 0 heterocycles. The Morgan fingerprint density at radius 2 is 1.48 bits per heavy atom. The summed E-state index contributed by atoms with van der Waals surface area (Å²) in [6, 6.07) is 0. The molecule has 2 N–H and O–H groups in total. The van der Waals surface area contributed by atoms with Crippen molar-refractivity contribution in [2.45, 2.75) is 78.6 Å². The van der Waals surface area contributed by atoms with Crippen molar-refractivity contribution < 1.29 is 29.3 Å². The molecule has 0 bridgehead atoms. The largest absolute Gasteiger partial charge is 0.481 e. The molecule has 6 nitrogen and oxygen atoms in total. The van der Waals surface area contributed by atoms with E-state index in [1.54, 1.807) is 0 Å². The Morgan fingerprint density at radius 3 is 1.78 bits per heavy atom. The van der Waals surface area contributed by atoms with Crippen LogP contribution in [0.15, 0.2) is 0 Å². The zero-order valence-electron chi connectivity index (χ0n) is 15.1. The fourth-order valence-electron chi connectivity index (χ4n) is 1.69. The Kier molecular flexibility index (Phi) is 26.3. The number of aliphatic carboxylic acids is 1. The lowest BCUT2D eigenvalue weighted by Crippen LogP contribution is -2.02. The van der Waals surface area contributed by atoms with Gasteiger partial charge in [0.1, 0.15) is 5.78 Å². The second kappa shape index (κ2) is 22.8. The molecule has 0 radical (unpaired) electrons. The van der Waals surface area contributed by atoms with Crippen molar-refractivity contribution in [3.63, 3.8) is 0 Å². The van der Waals surface area contributed by atoms with Gasteiger partial charge >= 0.3 is 5.97 Å². The molecule has 1 rings (SSSR count). The van der Waals surface area contributed by atoms with Crippen molar-refractivity contribution in [2.24, 2.45) is 0 Å². The van der Waals surface area contributed by atoms with E-state index in [4.69, 9.17) is 19.7 Å². The summed E-state index contributed by atoms with van der Waals surface area (Å²) >= 11 is 0. The number of Topliss-reactive ketones (excluding diaryl/α,β-unsaturated/α-hetero) is 1. The first-order valence-electron chi connectivity index (χ1n) is 8.19.